The Morgan fingerprint density at radius 1 is 1.31 bits per heavy atom. The third-order valence-electron chi connectivity index (χ3n) is 4.59. The summed E-state index contributed by atoms with van der Waals surface area (Å²) >= 11 is 1.37. The molecule has 0 aliphatic carbocycles. The van der Waals surface area contributed by atoms with Gasteiger partial charge < -0.3 is 10.3 Å². The standard InChI is InChI=1S/C16H18N4O5S/c1-8-9(2)20(25)15(19(8)4-5-21)11(10-3-6-26-7-10)12-13(22)17-16(24)18-14(12)23/h3,6-7,11-12,21H,4-5H2,1-2H3,(H2,17,18,22,23,24)/t11-/m0/s1. The van der Waals surface area contributed by atoms with Gasteiger partial charge in [0.1, 0.15) is 29.8 Å². The molecule has 1 fully saturated rings. The second-order valence-electron chi connectivity index (χ2n) is 6.02. The molecule has 0 saturated carbocycles. The number of aliphatic hydroxyl groups is 1. The Hall–Kier alpha value is -2.72. The minimum Gasteiger partial charge on any atom is -0.711 e. The van der Waals surface area contributed by atoms with E-state index in [-0.39, 0.29) is 19.0 Å². The minimum absolute atomic E-state index is 0.146. The number of thiophene rings is 1. The van der Waals surface area contributed by atoms with Crippen LogP contribution >= 0.6 is 11.3 Å². The first-order chi connectivity index (χ1) is 12.4. The number of amides is 4. The Morgan fingerprint density at radius 3 is 2.50 bits per heavy atom. The van der Waals surface area contributed by atoms with Crippen molar-refractivity contribution in [2.75, 3.05) is 6.61 Å². The van der Waals surface area contributed by atoms with E-state index in [1.807, 2.05) is 0 Å². The van der Waals surface area contributed by atoms with Crippen LogP contribution in [0.25, 0.3) is 0 Å². The van der Waals surface area contributed by atoms with Crippen molar-refractivity contribution in [2.45, 2.75) is 26.3 Å². The summed E-state index contributed by atoms with van der Waals surface area (Å²) in [6, 6.07) is 0.848. The summed E-state index contributed by atoms with van der Waals surface area (Å²) in [6.45, 7) is 3.31. The van der Waals surface area contributed by atoms with Gasteiger partial charge in [-0.05, 0) is 22.4 Å². The second kappa shape index (κ2) is 6.89. The van der Waals surface area contributed by atoms with Crippen molar-refractivity contribution >= 4 is 29.2 Å². The molecule has 2 aromatic heterocycles. The van der Waals surface area contributed by atoms with Gasteiger partial charge in [0, 0.05) is 13.8 Å². The molecule has 4 amide bonds. The molecule has 0 aromatic carbocycles. The number of aromatic nitrogens is 2. The van der Waals surface area contributed by atoms with E-state index in [1.54, 1.807) is 35.2 Å². The smallest absolute Gasteiger partial charge is 0.328 e. The van der Waals surface area contributed by atoms with Crippen LogP contribution in [0.3, 0.4) is 0 Å². The highest BCUT2D eigenvalue weighted by Crippen LogP contribution is 2.34. The Morgan fingerprint density at radius 2 is 1.96 bits per heavy atom. The Labute approximate surface area is 152 Å². The maximum Gasteiger partial charge on any atom is 0.328 e. The molecule has 2 aromatic rings. The summed E-state index contributed by atoms with van der Waals surface area (Å²) in [4.78, 5) is 36.3. The molecule has 1 aliphatic rings. The first kappa shape index (κ1) is 18.1. The number of rotatable bonds is 5. The zero-order chi connectivity index (χ0) is 19.0. The van der Waals surface area contributed by atoms with Crippen LogP contribution in [-0.2, 0) is 16.1 Å². The maximum absolute atomic E-state index is 12.8. The number of carbonyl (C=O) groups is 3. The number of hydrogen-bond donors (Lipinski definition) is 3. The molecule has 3 rings (SSSR count). The van der Waals surface area contributed by atoms with Gasteiger partial charge in [0.2, 0.25) is 11.8 Å². The van der Waals surface area contributed by atoms with Crippen molar-refractivity contribution < 1.29 is 24.2 Å². The van der Waals surface area contributed by atoms with Crippen molar-refractivity contribution in [3.8, 4) is 0 Å². The van der Waals surface area contributed by atoms with Crippen molar-refractivity contribution in [3.05, 3.63) is 44.8 Å². The first-order valence-corrected chi connectivity index (χ1v) is 8.88. The Balaban J connectivity index is 2.22. The summed E-state index contributed by atoms with van der Waals surface area (Å²) in [5.41, 5.74) is 1.67. The number of barbiturate groups is 1. The molecule has 0 unspecified atom stereocenters. The SMILES string of the molecule is Cc1c(C)[n+]([O-])c([C@@H](c2ccsc2)C2C(=O)NC(=O)NC2=O)n1CCO. The quantitative estimate of drug-likeness (QED) is 0.381. The van der Waals surface area contributed by atoms with E-state index < -0.39 is 29.7 Å². The fraction of sp³-hybridized carbons (Fsp3) is 0.375. The van der Waals surface area contributed by atoms with Gasteiger partial charge in [0.05, 0.1) is 6.61 Å². The normalized spacial score (nSPS) is 16.5. The maximum atomic E-state index is 12.8. The minimum atomic E-state index is -1.28. The summed E-state index contributed by atoms with van der Waals surface area (Å²) < 4.78 is 2.30. The lowest BCUT2D eigenvalue weighted by molar-refractivity contribution is -0.621. The molecule has 3 heterocycles. The molecule has 1 atom stereocenters. The van der Waals surface area contributed by atoms with Gasteiger partial charge in [0.25, 0.3) is 5.82 Å². The largest absolute Gasteiger partial charge is 0.711 e. The summed E-state index contributed by atoms with van der Waals surface area (Å²) in [5.74, 6) is -3.53. The van der Waals surface area contributed by atoms with Gasteiger partial charge >= 0.3 is 6.03 Å². The third-order valence-corrected chi connectivity index (χ3v) is 5.30. The highest BCUT2D eigenvalue weighted by Gasteiger charge is 2.47. The molecular formula is C16H18N4O5S. The highest BCUT2D eigenvalue weighted by molar-refractivity contribution is 7.08. The first-order valence-electron chi connectivity index (χ1n) is 7.94. The van der Waals surface area contributed by atoms with Gasteiger partial charge in [0.15, 0.2) is 0 Å². The number of aliphatic hydroxyl groups excluding tert-OH is 1. The van der Waals surface area contributed by atoms with Crippen LogP contribution < -0.4 is 15.4 Å². The summed E-state index contributed by atoms with van der Waals surface area (Å²) in [6.07, 6.45) is 0. The number of carbonyl (C=O) groups excluding carboxylic acids is 3. The van der Waals surface area contributed by atoms with E-state index in [2.05, 4.69) is 10.6 Å². The number of urea groups is 1. The van der Waals surface area contributed by atoms with E-state index in [1.165, 1.54) is 11.3 Å². The van der Waals surface area contributed by atoms with Gasteiger partial charge in [-0.15, -0.1) is 0 Å². The molecule has 138 valence electrons. The molecule has 9 nitrogen and oxygen atoms in total. The lowest BCUT2D eigenvalue weighted by atomic mass is 9.84. The van der Waals surface area contributed by atoms with E-state index >= 15 is 0 Å². The molecule has 26 heavy (non-hydrogen) atoms. The number of imide groups is 2. The van der Waals surface area contributed by atoms with E-state index in [0.29, 0.717) is 21.7 Å². The van der Waals surface area contributed by atoms with E-state index in [9.17, 15) is 24.7 Å². The lowest BCUT2D eigenvalue weighted by Crippen LogP contribution is -2.58. The predicted molar refractivity (Wildman–Crippen MR) is 91.3 cm³/mol. The predicted octanol–water partition coefficient (Wildman–Crippen LogP) is -0.0938. The topological polar surface area (TPSA) is 127 Å². The average Bonchev–Trinajstić information content (AvgIpc) is 3.17. The fourth-order valence-corrected chi connectivity index (χ4v) is 3.94. The van der Waals surface area contributed by atoms with Crippen LogP contribution in [0.2, 0.25) is 0 Å². The highest BCUT2D eigenvalue weighted by atomic mass is 32.1. The zero-order valence-electron chi connectivity index (χ0n) is 14.2. The molecule has 3 N–H and O–H groups in total. The Bertz CT molecular complexity index is 854. The number of nitrogens with zero attached hydrogens (tertiary/aromatic N) is 2. The third kappa shape index (κ3) is 2.86. The molecule has 1 aliphatic heterocycles. The summed E-state index contributed by atoms with van der Waals surface area (Å²) in [7, 11) is 0. The van der Waals surface area contributed by atoms with Crippen LogP contribution in [0.1, 0.15) is 28.7 Å². The molecule has 1 saturated heterocycles. The van der Waals surface area contributed by atoms with Crippen molar-refractivity contribution in [1.29, 1.82) is 0 Å². The molecular weight excluding hydrogens is 360 g/mol. The van der Waals surface area contributed by atoms with Gasteiger partial charge in [-0.1, -0.05) is 0 Å². The molecule has 0 spiro atoms. The second-order valence-corrected chi connectivity index (χ2v) is 6.80. The average molecular weight is 378 g/mol. The van der Waals surface area contributed by atoms with Crippen LogP contribution in [-0.4, -0.2) is 34.1 Å². The van der Waals surface area contributed by atoms with Crippen LogP contribution in [0.15, 0.2) is 16.8 Å². The number of hydrogen-bond acceptors (Lipinski definition) is 6. The van der Waals surface area contributed by atoms with Crippen molar-refractivity contribution in [1.82, 2.24) is 15.2 Å². The van der Waals surface area contributed by atoms with Crippen LogP contribution in [0.4, 0.5) is 4.79 Å². The lowest BCUT2D eigenvalue weighted by Gasteiger charge is -2.27. The molecule has 0 radical (unpaired) electrons. The van der Waals surface area contributed by atoms with Crippen LogP contribution in [0.5, 0.6) is 0 Å². The van der Waals surface area contributed by atoms with Gasteiger partial charge in [-0.3, -0.25) is 20.2 Å². The number of nitrogens with one attached hydrogen (secondary N) is 2. The summed E-state index contributed by atoms with van der Waals surface area (Å²) in [5, 5.41) is 29.9. The van der Waals surface area contributed by atoms with Crippen molar-refractivity contribution in [2.24, 2.45) is 5.92 Å². The number of imidazole rings is 1. The van der Waals surface area contributed by atoms with E-state index in [4.69, 9.17) is 0 Å². The van der Waals surface area contributed by atoms with Gasteiger partial charge in [-0.2, -0.15) is 11.3 Å². The molecule has 10 heteroatoms. The van der Waals surface area contributed by atoms with Gasteiger partial charge in [-0.25, -0.2) is 14.1 Å². The van der Waals surface area contributed by atoms with Crippen molar-refractivity contribution in [3.63, 3.8) is 0 Å². The monoisotopic (exact) mass is 378 g/mol. The fourth-order valence-electron chi connectivity index (χ4n) is 3.25. The molecule has 0 bridgehead atoms. The van der Waals surface area contributed by atoms with E-state index in [0.717, 1.165) is 0 Å². The van der Waals surface area contributed by atoms with Crippen LogP contribution in [0, 0.1) is 25.0 Å². The Kier molecular flexibility index (Phi) is 4.79. The zero-order valence-corrected chi connectivity index (χ0v) is 15.0.